The van der Waals surface area contributed by atoms with Crippen LogP contribution in [0.3, 0.4) is 0 Å². The van der Waals surface area contributed by atoms with E-state index in [1.807, 2.05) is 26.0 Å². The highest BCUT2D eigenvalue weighted by Crippen LogP contribution is 2.35. The number of hydrogen-bond acceptors (Lipinski definition) is 5. The molecule has 2 unspecified atom stereocenters. The van der Waals surface area contributed by atoms with Crippen molar-refractivity contribution in [2.75, 3.05) is 23.5 Å². The van der Waals surface area contributed by atoms with Gasteiger partial charge in [0.25, 0.3) is 0 Å². The quantitative estimate of drug-likeness (QED) is 0.787. The lowest BCUT2D eigenvalue weighted by Crippen LogP contribution is -2.35. The van der Waals surface area contributed by atoms with Gasteiger partial charge in [-0.1, -0.05) is 6.92 Å². The molecule has 0 aromatic heterocycles. The molecule has 3 rings (SSSR count). The zero-order valence-corrected chi connectivity index (χ0v) is 13.9. The van der Waals surface area contributed by atoms with Gasteiger partial charge < -0.3 is 14.4 Å². The van der Waals surface area contributed by atoms with Gasteiger partial charge in [-0.25, -0.2) is 9.59 Å². The van der Waals surface area contributed by atoms with Gasteiger partial charge in [0.2, 0.25) is 12.0 Å². The number of cyclic esters (lactones) is 1. The second-order valence-electron chi connectivity index (χ2n) is 6.02. The topological polar surface area (TPSA) is 76.2 Å². The number of hydrogen-bond donors (Lipinski definition) is 0. The number of carbonyl (C=O) groups excluding carboxylic acids is 3. The summed E-state index contributed by atoms with van der Waals surface area (Å²) in [6.45, 7) is 4.16. The van der Waals surface area contributed by atoms with E-state index in [1.54, 1.807) is 11.0 Å². The highest BCUT2D eigenvalue weighted by atomic mass is 16.6. The van der Waals surface area contributed by atoms with Gasteiger partial charge in [0.05, 0.1) is 20.1 Å². The summed E-state index contributed by atoms with van der Waals surface area (Å²) in [5, 5.41) is 0. The molecule has 0 bridgehead atoms. The van der Waals surface area contributed by atoms with E-state index in [1.165, 1.54) is 12.0 Å². The van der Waals surface area contributed by atoms with E-state index >= 15 is 0 Å². The van der Waals surface area contributed by atoms with Crippen LogP contribution in [0.4, 0.5) is 16.2 Å². The molecule has 2 amide bonds. The molecule has 0 N–H and O–H groups in total. The number of benzene rings is 1. The Balaban J connectivity index is 1.86. The molecule has 0 aliphatic carbocycles. The van der Waals surface area contributed by atoms with Gasteiger partial charge in [0, 0.05) is 17.4 Å². The maximum absolute atomic E-state index is 12.3. The van der Waals surface area contributed by atoms with Gasteiger partial charge in [-0.05, 0) is 37.1 Å². The lowest BCUT2D eigenvalue weighted by atomic mass is 10.1. The van der Waals surface area contributed by atoms with Crippen LogP contribution in [0.5, 0.6) is 0 Å². The number of anilines is 2. The van der Waals surface area contributed by atoms with Gasteiger partial charge >= 0.3 is 12.1 Å². The average molecular weight is 332 g/mol. The zero-order chi connectivity index (χ0) is 17.4. The minimum atomic E-state index is -0.922. The Morgan fingerprint density at radius 2 is 2.17 bits per heavy atom. The third kappa shape index (κ3) is 2.60. The molecular weight excluding hydrogens is 312 g/mol. The molecule has 0 saturated carbocycles. The minimum Gasteiger partial charge on any atom is -0.466 e. The summed E-state index contributed by atoms with van der Waals surface area (Å²) in [5.74, 6) is -0.516. The van der Waals surface area contributed by atoms with E-state index in [-0.39, 0.29) is 18.5 Å². The number of esters is 1. The summed E-state index contributed by atoms with van der Waals surface area (Å²) in [7, 11) is 1.25. The molecule has 1 saturated heterocycles. The van der Waals surface area contributed by atoms with Crippen LogP contribution in [-0.4, -0.2) is 43.8 Å². The highest BCUT2D eigenvalue weighted by Gasteiger charge is 2.38. The SMILES string of the molecule is CCC(C)N1C(=O)Cc2cc(N3CC(C(=O)OC)OC3=O)ccc21. The fraction of sp³-hybridized carbons (Fsp3) is 0.471. The van der Waals surface area contributed by atoms with E-state index in [9.17, 15) is 14.4 Å². The van der Waals surface area contributed by atoms with Crippen LogP contribution in [-0.2, 0) is 25.5 Å². The van der Waals surface area contributed by atoms with E-state index < -0.39 is 18.2 Å². The molecule has 2 atom stereocenters. The first-order valence-electron chi connectivity index (χ1n) is 7.97. The van der Waals surface area contributed by atoms with Crippen molar-refractivity contribution < 1.29 is 23.9 Å². The van der Waals surface area contributed by atoms with Crippen molar-refractivity contribution in [2.45, 2.75) is 38.8 Å². The second kappa shape index (κ2) is 6.14. The van der Waals surface area contributed by atoms with E-state index in [0.717, 1.165) is 17.7 Å². The molecule has 2 heterocycles. The van der Waals surface area contributed by atoms with Crippen molar-refractivity contribution in [3.05, 3.63) is 23.8 Å². The summed E-state index contributed by atoms with van der Waals surface area (Å²) < 4.78 is 9.65. The normalized spacial score (nSPS) is 20.9. The van der Waals surface area contributed by atoms with Crippen molar-refractivity contribution in [3.8, 4) is 0 Å². The monoisotopic (exact) mass is 332 g/mol. The number of rotatable bonds is 4. The van der Waals surface area contributed by atoms with Crippen molar-refractivity contribution in [3.63, 3.8) is 0 Å². The lowest BCUT2D eigenvalue weighted by Gasteiger charge is -2.24. The average Bonchev–Trinajstić information content (AvgIpc) is 3.12. The molecule has 1 aromatic rings. The smallest absolute Gasteiger partial charge is 0.415 e. The van der Waals surface area contributed by atoms with Crippen LogP contribution in [0.25, 0.3) is 0 Å². The zero-order valence-electron chi connectivity index (χ0n) is 13.9. The molecule has 128 valence electrons. The summed E-state index contributed by atoms with van der Waals surface area (Å²) in [4.78, 5) is 39.0. The Morgan fingerprint density at radius 1 is 1.42 bits per heavy atom. The van der Waals surface area contributed by atoms with Gasteiger partial charge in [0.1, 0.15) is 0 Å². The van der Waals surface area contributed by atoms with Gasteiger partial charge in [-0.3, -0.25) is 9.69 Å². The maximum atomic E-state index is 12.3. The highest BCUT2D eigenvalue weighted by molar-refractivity contribution is 6.03. The predicted octanol–water partition coefficient (Wildman–Crippen LogP) is 1.87. The fourth-order valence-electron chi connectivity index (χ4n) is 3.09. The Bertz CT molecular complexity index is 702. The molecule has 24 heavy (non-hydrogen) atoms. The van der Waals surface area contributed by atoms with Gasteiger partial charge in [-0.2, -0.15) is 0 Å². The second-order valence-corrected chi connectivity index (χ2v) is 6.02. The number of methoxy groups -OCH3 is 1. The first kappa shape index (κ1) is 16.3. The predicted molar refractivity (Wildman–Crippen MR) is 87.0 cm³/mol. The van der Waals surface area contributed by atoms with E-state index in [2.05, 4.69) is 4.74 Å². The Kier molecular flexibility index (Phi) is 4.17. The molecule has 1 fully saturated rings. The van der Waals surface area contributed by atoms with Crippen molar-refractivity contribution >= 4 is 29.3 Å². The first-order chi connectivity index (χ1) is 11.5. The third-order valence-corrected chi connectivity index (χ3v) is 4.55. The molecule has 2 aliphatic rings. The van der Waals surface area contributed by atoms with Crippen molar-refractivity contribution in [1.82, 2.24) is 0 Å². The Hall–Kier alpha value is -2.57. The number of fused-ring (bicyclic) bond motifs is 1. The van der Waals surface area contributed by atoms with Crippen LogP contribution in [0.1, 0.15) is 25.8 Å². The number of nitrogens with zero attached hydrogens (tertiary/aromatic N) is 2. The molecule has 7 heteroatoms. The van der Waals surface area contributed by atoms with Crippen LogP contribution < -0.4 is 9.80 Å². The summed E-state index contributed by atoms with van der Waals surface area (Å²) in [6, 6.07) is 5.56. The van der Waals surface area contributed by atoms with Crippen molar-refractivity contribution in [2.24, 2.45) is 0 Å². The van der Waals surface area contributed by atoms with Gasteiger partial charge in [-0.15, -0.1) is 0 Å². The molecule has 1 aromatic carbocycles. The third-order valence-electron chi connectivity index (χ3n) is 4.55. The summed E-state index contributed by atoms with van der Waals surface area (Å²) >= 11 is 0. The molecule has 2 aliphatic heterocycles. The summed E-state index contributed by atoms with van der Waals surface area (Å²) in [5.41, 5.74) is 2.38. The number of ether oxygens (including phenoxy) is 2. The Morgan fingerprint density at radius 3 is 2.83 bits per heavy atom. The Labute approximate surface area is 140 Å². The van der Waals surface area contributed by atoms with Crippen LogP contribution in [0.2, 0.25) is 0 Å². The van der Waals surface area contributed by atoms with Crippen LogP contribution >= 0.6 is 0 Å². The summed E-state index contributed by atoms with van der Waals surface area (Å²) in [6.07, 6.45) is -0.328. The molecule has 0 spiro atoms. The lowest BCUT2D eigenvalue weighted by molar-refractivity contribution is -0.148. The minimum absolute atomic E-state index is 0.0629. The van der Waals surface area contributed by atoms with E-state index in [0.29, 0.717) is 12.1 Å². The molecule has 0 radical (unpaired) electrons. The number of carbonyl (C=O) groups is 3. The standard InChI is InChI=1S/C17H20N2O5/c1-4-10(2)19-13-6-5-12(7-11(13)8-15(19)20)18-9-14(16(21)23-3)24-17(18)22/h5-7,10,14H,4,8-9H2,1-3H3. The molecule has 7 nitrogen and oxygen atoms in total. The van der Waals surface area contributed by atoms with Crippen LogP contribution in [0, 0.1) is 0 Å². The molecular formula is C17H20N2O5. The first-order valence-corrected chi connectivity index (χ1v) is 7.97. The number of amides is 2. The van der Waals surface area contributed by atoms with Crippen molar-refractivity contribution in [1.29, 1.82) is 0 Å². The van der Waals surface area contributed by atoms with E-state index in [4.69, 9.17) is 4.74 Å². The van der Waals surface area contributed by atoms with Crippen LogP contribution in [0.15, 0.2) is 18.2 Å². The fourth-order valence-corrected chi connectivity index (χ4v) is 3.09. The largest absolute Gasteiger partial charge is 0.466 e. The maximum Gasteiger partial charge on any atom is 0.415 e. The van der Waals surface area contributed by atoms with Gasteiger partial charge in [0.15, 0.2) is 0 Å².